The van der Waals surface area contributed by atoms with Gasteiger partial charge in [-0.3, -0.25) is 0 Å². The van der Waals surface area contributed by atoms with Crippen LogP contribution in [0.4, 0.5) is 8.78 Å². The molecule has 1 atom stereocenters. The number of rotatable bonds is 0. The lowest BCUT2D eigenvalue weighted by atomic mass is 10.0. The van der Waals surface area contributed by atoms with Gasteiger partial charge in [0.15, 0.2) is 11.7 Å². The normalized spacial score (nSPS) is 27.2. The van der Waals surface area contributed by atoms with Crippen LogP contribution in [0.2, 0.25) is 0 Å². The van der Waals surface area contributed by atoms with Gasteiger partial charge < -0.3 is 0 Å². The highest BCUT2D eigenvalue weighted by atomic mass is 19.2. The third-order valence-corrected chi connectivity index (χ3v) is 1.33. The molecule has 2 heteroatoms. The fourth-order valence-corrected chi connectivity index (χ4v) is 0.784. The van der Waals surface area contributed by atoms with Gasteiger partial charge in [-0.1, -0.05) is 6.92 Å². The van der Waals surface area contributed by atoms with E-state index in [0.29, 0.717) is 6.42 Å². The van der Waals surface area contributed by atoms with Gasteiger partial charge in [-0.05, 0) is 24.5 Å². The second-order valence-corrected chi connectivity index (χ2v) is 2.28. The average molecular weight is 130 g/mol. The Bertz CT molecular complexity index is 168. The van der Waals surface area contributed by atoms with Crippen molar-refractivity contribution in [1.82, 2.24) is 0 Å². The lowest BCUT2D eigenvalue weighted by Gasteiger charge is -2.07. The maximum absolute atomic E-state index is 12.2. The van der Waals surface area contributed by atoms with E-state index in [4.69, 9.17) is 0 Å². The maximum atomic E-state index is 12.2. The Labute approximate surface area is 52.9 Å². The lowest BCUT2D eigenvalue weighted by molar-refractivity contribution is 0.511. The van der Waals surface area contributed by atoms with E-state index in [-0.39, 0.29) is 5.92 Å². The van der Waals surface area contributed by atoms with E-state index >= 15 is 0 Å². The van der Waals surface area contributed by atoms with Gasteiger partial charge >= 0.3 is 0 Å². The van der Waals surface area contributed by atoms with E-state index in [2.05, 4.69) is 0 Å². The summed E-state index contributed by atoms with van der Waals surface area (Å²) in [6.45, 7) is 1.85. The van der Waals surface area contributed by atoms with Gasteiger partial charge in [-0.25, -0.2) is 8.78 Å². The minimum atomic E-state index is -0.715. The van der Waals surface area contributed by atoms with Crippen molar-refractivity contribution < 1.29 is 8.78 Å². The standard InChI is InChI=1S/C7H8F2/c1-5-2-3-6(8)7(9)4-5/h3-5H,2H2,1H3/t5-/m1/s1. The highest BCUT2D eigenvalue weighted by Crippen LogP contribution is 2.23. The molecule has 0 aliphatic heterocycles. The Morgan fingerprint density at radius 1 is 1.44 bits per heavy atom. The maximum Gasteiger partial charge on any atom is 0.154 e. The molecule has 0 radical (unpaired) electrons. The predicted molar refractivity (Wildman–Crippen MR) is 32.2 cm³/mol. The fourth-order valence-electron chi connectivity index (χ4n) is 0.784. The molecule has 0 nitrogen and oxygen atoms in total. The Morgan fingerprint density at radius 2 is 2.11 bits per heavy atom. The molecule has 0 aromatic rings. The zero-order valence-corrected chi connectivity index (χ0v) is 5.20. The van der Waals surface area contributed by atoms with Crippen LogP contribution in [0, 0.1) is 5.92 Å². The molecule has 0 saturated carbocycles. The molecule has 0 bridgehead atoms. The van der Waals surface area contributed by atoms with Crippen LogP contribution in [0.5, 0.6) is 0 Å². The smallest absolute Gasteiger partial charge is 0.154 e. The first-order valence-corrected chi connectivity index (χ1v) is 2.93. The van der Waals surface area contributed by atoms with Crippen molar-refractivity contribution in [1.29, 1.82) is 0 Å². The monoisotopic (exact) mass is 130 g/mol. The second-order valence-electron chi connectivity index (χ2n) is 2.28. The molecular formula is C7H8F2. The minimum Gasteiger partial charge on any atom is -0.204 e. The van der Waals surface area contributed by atoms with Gasteiger partial charge in [0.2, 0.25) is 0 Å². The molecule has 0 unspecified atom stereocenters. The van der Waals surface area contributed by atoms with Crippen LogP contribution in [0.25, 0.3) is 0 Å². The van der Waals surface area contributed by atoms with E-state index < -0.39 is 11.7 Å². The Kier molecular flexibility index (Phi) is 1.65. The first kappa shape index (κ1) is 6.46. The first-order chi connectivity index (χ1) is 4.20. The highest BCUT2D eigenvalue weighted by molar-refractivity contribution is 5.23. The van der Waals surface area contributed by atoms with Crippen molar-refractivity contribution in [3.05, 3.63) is 23.8 Å². The molecule has 0 spiro atoms. The Hall–Kier alpha value is -0.660. The minimum absolute atomic E-state index is 0.143. The Morgan fingerprint density at radius 3 is 2.56 bits per heavy atom. The van der Waals surface area contributed by atoms with Gasteiger partial charge in [0, 0.05) is 0 Å². The molecule has 0 aromatic carbocycles. The van der Waals surface area contributed by atoms with E-state index in [1.807, 2.05) is 6.92 Å². The van der Waals surface area contributed by atoms with E-state index in [9.17, 15) is 8.78 Å². The van der Waals surface area contributed by atoms with Crippen LogP contribution in [0.1, 0.15) is 13.3 Å². The summed E-state index contributed by atoms with van der Waals surface area (Å²) in [7, 11) is 0. The topological polar surface area (TPSA) is 0 Å². The summed E-state index contributed by atoms with van der Waals surface area (Å²) >= 11 is 0. The summed E-state index contributed by atoms with van der Waals surface area (Å²) < 4.78 is 24.4. The molecular weight excluding hydrogens is 122 g/mol. The van der Waals surface area contributed by atoms with E-state index in [1.54, 1.807) is 0 Å². The van der Waals surface area contributed by atoms with Gasteiger partial charge in [-0.2, -0.15) is 0 Å². The van der Waals surface area contributed by atoms with Crippen molar-refractivity contribution in [2.45, 2.75) is 13.3 Å². The third-order valence-electron chi connectivity index (χ3n) is 1.33. The van der Waals surface area contributed by atoms with Crippen LogP contribution >= 0.6 is 0 Å². The van der Waals surface area contributed by atoms with Crippen LogP contribution < -0.4 is 0 Å². The van der Waals surface area contributed by atoms with Crippen molar-refractivity contribution in [3.8, 4) is 0 Å². The number of allylic oxidation sites excluding steroid dienone is 4. The highest BCUT2D eigenvalue weighted by Gasteiger charge is 2.10. The van der Waals surface area contributed by atoms with E-state index in [1.165, 1.54) is 12.2 Å². The molecule has 0 heterocycles. The van der Waals surface area contributed by atoms with Gasteiger partial charge in [0.05, 0.1) is 0 Å². The molecule has 0 aromatic heterocycles. The van der Waals surface area contributed by atoms with Crippen molar-refractivity contribution in [3.63, 3.8) is 0 Å². The van der Waals surface area contributed by atoms with Crippen LogP contribution in [-0.4, -0.2) is 0 Å². The summed E-state index contributed by atoms with van der Waals surface area (Å²) in [6.07, 6.45) is 3.19. The summed E-state index contributed by atoms with van der Waals surface area (Å²) in [5, 5.41) is 0. The summed E-state index contributed by atoms with van der Waals surface area (Å²) in [4.78, 5) is 0. The molecule has 0 N–H and O–H groups in total. The summed E-state index contributed by atoms with van der Waals surface area (Å²) in [6, 6.07) is 0. The second kappa shape index (κ2) is 2.29. The molecule has 50 valence electrons. The lowest BCUT2D eigenvalue weighted by Crippen LogP contribution is -1.94. The molecule has 0 fully saturated rings. The summed E-state index contributed by atoms with van der Waals surface area (Å²) in [5.41, 5.74) is 0. The predicted octanol–water partition coefficient (Wildman–Crippen LogP) is 2.73. The fraction of sp³-hybridized carbons (Fsp3) is 0.429. The first-order valence-electron chi connectivity index (χ1n) is 2.93. The van der Waals surface area contributed by atoms with Crippen molar-refractivity contribution in [2.24, 2.45) is 5.92 Å². The van der Waals surface area contributed by atoms with Gasteiger partial charge in [0.1, 0.15) is 0 Å². The number of halogens is 2. The SMILES string of the molecule is C[C@H]1C=C(F)C(F)=CC1. The van der Waals surface area contributed by atoms with Crippen LogP contribution in [0.3, 0.4) is 0 Å². The van der Waals surface area contributed by atoms with Crippen molar-refractivity contribution >= 4 is 0 Å². The molecule has 9 heavy (non-hydrogen) atoms. The molecule has 1 rings (SSSR count). The van der Waals surface area contributed by atoms with Crippen LogP contribution in [-0.2, 0) is 0 Å². The molecule has 1 aliphatic rings. The third kappa shape index (κ3) is 1.37. The zero-order valence-electron chi connectivity index (χ0n) is 5.20. The largest absolute Gasteiger partial charge is 0.204 e. The van der Waals surface area contributed by atoms with Gasteiger partial charge in [0.25, 0.3) is 0 Å². The number of hydrogen-bond donors (Lipinski definition) is 0. The molecule has 0 amide bonds. The summed E-state index contributed by atoms with van der Waals surface area (Å²) in [5.74, 6) is -1.29. The van der Waals surface area contributed by atoms with Crippen molar-refractivity contribution in [2.75, 3.05) is 0 Å². The number of hydrogen-bond acceptors (Lipinski definition) is 0. The van der Waals surface area contributed by atoms with E-state index in [0.717, 1.165) is 0 Å². The Balaban J connectivity index is 2.75. The molecule has 0 saturated heterocycles. The van der Waals surface area contributed by atoms with Gasteiger partial charge in [-0.15, -0.1) is 0 Å². The zero-order chi connectivity index (χ0) is 6.85. The average Bonchev–Trinajstić information content (AvgIpc) is 1.80. The quantitative estimate of drug-likeness (QED) is 0.473. The van der Waals surface area contributed by atoms with Crippen LogP contribution in [0.15, 0.2) is 23.8 Å². The molecule has 1 aliphatic carbocycles.